The molecule has 2 amide bonds. The number of rotatable bonds is 5. The zero-order chi connectivity index (χ0) is 17.7. The summed E-state index contributed by atoms with van der Waals surface area (Å²) >= 11 is 0. The molecule has 1 aromatic carbocycles. The quantitative estimate of drug-likeness (QED) is 0.895. The van der Waals surface area contributed by atoms with E-state index in [0.29, 0.717) is 24.3 Å². The van der Waals surface area contributed by atoms with E-state index in [2.05, 4.69) is 11.4 Å². The van der Waals surface area contributed by atoms with Crippen LogP contribution in [0.15, 0.2) is 24.3 Å². The molecular weight excluding hydrogens is 306 g/mol. The first-order chi connectivity index (χ1) is 11.5. The third-order valence-corrected chi connectivity index (χ3v) is 4.24. The average Bonchev–Trinajstić information content (AvgIpc) is 3.07. The first kappa shape index (κ1) is 17.8. The highest BCUT2D eigenvalue weighted by Gasteiger charge is 2.35. The van der Waals surface area contributed by atoms with E-state index in [1.54, 1.807) is 29.2 Å². The van der Waals surface area contributed by atoms with Crippen molar-refractivity contribution < 1.29 is 14.3 Å². The van der Waals surface area contributed by atoms with Gasteiger partial charge in [0.05, 0.1) is 13.2 Å². The maximum absolute atomic E-state index is 12.8. The number of hydrogen-bond donors (Lipinski definition) is 1. The van der Waals surface area contributed by atoms with Crippen molar-refractivity contribution in [2.24, 2.45) is 5.92 Å². The summed E-state index contributed by atoms with van der Waals surface area (Å²) in [6.45, 7) is 4.33. The van der Waals surface area contributed by atoms with Crippen LogP contribution in [0.25, 0.3) is 0 Å². The summed E-state index contributed by atoms with van der Waals surface area (Å²) in [6.07, 6.45) is 1.51. The molecule has 1 unspecified atom stereocenters. The van der Waals surface area contributed by atoms with Gasteiger partial charge in [0, 0.05) is 12.1 Å². The van der Waals surface area contributed by atoms with Crippen LogP contribution >= 0.6 is 0 Å². The number of methoxy groups -OCH3 is 1. The number of nitriles is 1. The Morgan fingerprint density at radius 1 is 1.42 bits per heavy atom. The van der Waals surface area contributed by atoms with E-state index in [1.165, 1.54) is 7.11 Å². The Bertz CT molecular complexity index is 651. The number of carbonyl (C=O) groups is 2. The van der Waals surface area contributed by atoms with Crippen LogP contribution in [-0.4, -0.2) is 42.5 Å². The zero-order valence-electron chi connectivity index (χ0n) is 14.3. The fraction of sp³-hybridized carbons (Fsp3) is 0.500. The number of carbonyl (C=O) groups excluding carboxylic acids is 2. The lowest BCUT2D eigenvalue weighted by Gasteiger charge is -2.28. The Balaban J connectivity index is 2.14. The van der Waals surface area contributed by atoms with Crippen LogP contribution in [0.3, 0.4) is 0 Å². The van der Waals surface area contributed by atoms with Crippen molar-refractivity contribution >= 4 is 11.8 Å². The summed E-state index contributed by atoms with van der Waals surface area (Å²) in [5.74, 6) is -0.00916. The predicted octanol–water partition coefficient (Wildman–Crippen LogP) is 1.96. The Morgan fingerprint density at radius 2 is 2.17 bits per heavy atom. The van der Waals surface area contributed by atoms with E-state index >= 15 is 0 Å². The maximum atomic E-state index is 12.8. The van der Waals surface area contributed by atoms with Crippen LogP contribution in [0.1, 0.15) is 37.0 Å². The molecule has 1 aromatic rings. The van der Waals surface area contributed by atoms with Crippen LogP contribution in [0.5, 0.6) is 5.75 Å². The lowest BCUT2D eigenvalue weighted by Crippen LogP contribution is -2.52. The first-order valence-corrected chi connectivity index (χ1v) is 8.13. The van der Waals surface area contributed by atoms with Gasteiger partial charge in [0.15, 0.2) is 0 Å². The van der Waals surface area contributed by atoms with Gasteiger partial charge in [-0.15, -0.1) is 0 Å². The second-order valence-corrected chi connectivity index (χ2v) is 6.25. The number of nitrogens with one attached hydrogen (secondary N) is 1. The Kier molecular flexibility index (Phi) is 5.80. The van der Waals surface area contributed by atoms with E-state index < -0.39 is 12.1 Å². The predicted molar refractivity (Wildman–Crippen MR) is 89.4 cm³/mol. The molecule has 1 N–H and O–H groups in total. The van der Waals surface area contributed by atoms with Crippen LogP contribution < -0.4 is 10.1 Å². The van der Waals surface area contributed by atoms with Gasteiger partial charge in [-0.1, -0.05) is 19.9 Å². The highest BCUT2D eigenvalue weighted by atomic mass is 16.5. The van der Waals surface area contributed by atoms with Crippen molar-refractivity contribution in [3.63, 3.8) is 0 Å². The highest BCUT2D eigenvalue weighted by Crippen LogP contribution is 2.20. The van der Waals surface area contributed by atoms with Crippen molar-refractivity contribution in [3.05, 3.63) is 29.8 Å². The Hall–Kier alpha value is -2.55. The molecule has 24 heavy (non-hydrogen) atoms. The minimum atomic E-state index is -0.655. The molecule has 1 saturated heterocycles. The van der Waals surface area contributed by atoms with Crippen LogP contribution in [0, 0.1) is 17.2 Å². The number of ether oxygens (including phenoxy) is 1. The van der Waals surface area contributed by atoms with Gasteiger partial charge in [-0.05, 0) is 37.0 Å². The summed E-state index contributed by atoms with van der Waals surface area (Å²) in [5.41, 5.74) is 0.436. The summed E-state index contributed by atoms with van der Waals surface area (Å²) in [4.78, 5) is 26.9. The van der Waals surface area contributed by atoms with Gasteiger partial charge in [-0.25, -0.2) is 0 Å². The zero-order valence-corrected chi connectivity index (χ0v) is 14.3. The third kappa shape index (κ3) is 3.85. The number of likely N-dealkylation sites (tertiary alicyclic amines) is 1. The van der Waals surface area contributed by atoms with Gasteiger partial charge in [0.1, 0.15) is 17.8 Å². The topological polar surface area (TPSA) is 82.4 Å². The second kappa shape index (κ2) is 7.82. The normalized spacial score (nSPS) is 18.1. The molecule has 1 aliphatic heterocycles. The van der Waals surface area contributed by atoms with Crippen molar-refractivity contribution in [2.45, 2.75) is 38.8 Å². The van der Waals surface area contributed by atoms with Crippen LogP contribution in [0.4, 0.5) is 0 Å². The molecule has 1 aliphatic rings. The molecular formula is C18H23N3O3. The molecule has 6 heteroatoms. The molecule has 0 aliphatic carbocycles. The molecule has 0 bridgehead atoms. The second-order valence-electron chi connectivity index (χ2n) is 6.25. The van der Waals surface area contributed by atoms with Crippen LogP contribution in [0.2, 0.25) is 0 Å². The average molecular weight is 329 g/mol. The monoisotopic (exact) mass is 329 g/mol. The molecule has 0 spiro atoms. The Labute approximate surface area is 142 Å². The smallest absolute Gasteiger partial charge is 0.252 e. The molecule has 0 aromatic heterocycles. The van der Waals surface area contributed by atoms with Gasteiger partial charge in [-0.2, -0.15) is 5.26 Å². The lowest BCUT2D eigenvalue weighted by molar-refractivity contribution is -0.134. The van der Waals surface area contributed by atoms with Crippen molar-refractivity contribution in [3.8, 4) is 11.8 Å². The molecule has 6 nitrogen and oxygen atoms in total. The summed E-state index contributed by atoms with van der Waals surface area (Å²) in [6, 6.07) is 7.90. The van der Waals surface area contributed by atoms with E-state index in [0.717, 1.165) is 6.42 Å². The minimum absolute atomic E-state index is 0.0769. The molecule has 2 atom stereocenters. The number of amides is 2. The summed E-state index contributed by atoms with van der Waals surface area (Å²) in [5, 5.41) is 12.0. The van der Waals surface area contributed by atoms with Gasteiger partial charge < -0.3 is 15.0 Å². The van der Waals surface area contributed by atoms with Crippen LogP contribution in [-0.2, 0) is 4.79 Å². The van der Waals surface area contributed by atoms with E-state index in [-0.39, 0.29) is 17.7 Å². The number of hydrogen-bond acceptors (Lipinski definition) is 4. The van der Waals surface area contributed by atoms with E-state index in [4.69, 9.17) is 4.74 Å². The molecule has 1 fully saturated rings. The molecule has 1 heterocycles. The van der Waals surface area contributed by atoms with Crippen molar-refractivity contribution in [2.75, 3.05) is 13.7 Å². The number of nitrogens with zero attached hydrogens (tertiary/aromatic N) is 2. The van der Waals surface area contributed by atoms with Gasteiger partial charge in [-0.3, -0.25) is 9.59 Å². The fourth-order valence-corrected chi connectivity index (χ4v) is 2.85. The van der Waals surface area contributed by atoms with Gasteiger partial charge in [0.2, 0.25) is 5.91 Å². The van der Waals surface area contributed by atoms with E-state index in [1.807, 2.05) is 13.8 Å². The summed E-state index contributed by atoms with van der Waals surface area (Å²) < 4.78 is 5.12. The fourth-order valence-electron chi connectivity index (χ4n) is 2.85. The largest absolute Gasteiger partial charge is 0.497 e. The third-order valence-electron chi connectivity index (χ3n) is 4.24. The minimum Gasteiger partial charge on any atom is -0.497 e. The Morgan fingerprint density at radius 3 is 2.79 bits per heavy atom. The SMILES string of the molecule is COc1cccc(C(=O)N[C@H](C(=O)N2CCCC2C#N)C(C)C)c1. The maximum Gasteiger partial charge on any atom is 0.252 e. The van der Waals surface area contributed by atoms with Gasteiger partial charge in [0.25, 0.3) is 5.91 Å². The molecule has 0 radical (unpaired) electrons. The van der Waals surface area contributed by atoms with Crippen molar-refractivity contribution in [1.29, 1.82) is 5.26 Å². The standard InChI is InChI=1S/C18H23N3O3/c1-12(2)16(18(23)21-9-5-7-14(21)11-19)20-17(22)13-6-4-8-15(10-13)24-3/h4,6,8,10,12,14,16H,5,7,9H2,1-3H3,(H,20,22)/t14?,16-/m0/s1. The molecule has 0 saturated carbocycles. The lowest BCUT2D eigenvalue weighted by atomic mass is 10.0. The van der Waals surface area contributed by atoms with Crippen molar-refractivity contribution in [1.82, 2.24) is 10.2 Å². The first-order valence-electron chi connectivity index (χ1n) is 8.13. The molecule has 128 valence electrons. The number of benzene rings is 1. The molecule has 2 rings (SSSR count). The van der Waals surface area contributed by atoms with E-state index in [9.17, 15) is 14.9 Å². The van der Waals surface area contributed by atoms with Gasteiger partial charge >= 0.3 is 0 Å². The highest BCUT2D eigenvalue weighted by molar-refractivity contribution is 5.98. The summed E-state index contributed by atoms with van der Waals surface area (Å²) in [7, 11) is 1.53.